The molecule has 110 valence electrons. The molecule has 0 aromatic heterocycles. The third-order valence-electron chi connectivity index (χ3n) is 3.64. The molecule has 2 aromatic carbocycles. The highest BCUT2D eigenvalue weighted by Gasteiger charge is 2.10. The van der Waals surface area contributed by atoms with Gasteiger partial charge in [-0.15, -0.1) is 0 Å². The van der Waals surface area contributed by atoms with E-state index in [1.807, 2.05) is 24.3 Å². The summed E-state index contributed by atoms with van der Waals surface area (Å²) in [6, 6.07) is 14.4. The average molecular weight is 283 g/mol. The van der Waals surface area contributed by atoms with Gasteiger partial charge in [0.2, 0.25) is 0 Å². The number of para-hydroxylation sites is 1. The van der Waals surface area contributed by atoms with Crippen LogP contribution in [0.1, 0.15) is 36.2 Å². The largest absolute Gasteiger partial charge is 0.507 e. The molecule has 0 aliphatic heterocycles. The zero-order valence-electron chi connectivity index (χ0n) is 12.5. The number of benzene rings is 2. The number of aromatic hydroxyl groups is 1. The monoisotopic (exact) mass is 283 g/mol. The molecule has 1 atom stereocenters. The number of phenolic OH excluding ortho intramolecular Hbond substituents is 1. The lowest BCUT2D eigenvalue weighted by molar-refractivity contribution is 0.102. The van der Waals surface area contributed by atoms with E-state index in [-0.39, 0.29) is 17.2 Å². The van der Waals surface area contributed by atoms with Gasteiger partial charge in [-0.1, -0.05) is 44.5 Å². The Morgan fingerprint density at radius 2 is 1.81 bits per heavy atom. The van der Waals surface area contributed by atoms with Crippen LogP contribution in [0.2, 0.25) is 0 Å². The van der Waals surface area contributed by atoms with Crippen molar-refractivity contribution in [3.05, 3.63) is 59.7 Å². The first-order chi connectivity index (χ1) is 10.1. The van der Waals surface area contributed by atoms with E-state index in [1.165, 1.54) is 11.6 Å². The Hall–Kier alpha value is -2.29. The summed E-state index contributed by atoms with van der Waals surface area (Å²) in [4.78, 5) is 12.1. The zero-order chi connectivity index (χ0) is 15.2. The maximum atomic E-state index is 12.1. The van der Waals surface area contributed by atoms with Crippen molar-refractivity contribution in [3.8, 4) is 5.75 Å². The molecule has 2 N–H and O–H groups in total. The number of nitrogens with one attached hydrogen (secondary N) is 1. The maximum Gasteiger partial charge on any atom is 0.259 e. The van der Waals surface area contributed by atoms with Crippen molar-refractivity contribution >= 4 is 11.6 Å². The summed E-state index contributed by atoms with van der Waals surface area (Å²) in [5.74, 6) is 0.345. The molecule has 0 fully saturated rings. The molecule has 21 heavy (non-hydrogen) atoms. The van der Waals surface area contributed by atoms with Gasteiger partial charge in [-0.2, -0.15) is 0 Å². The van der Waals surface area contributed by atoms with Crippen LogP contribution in [0.25, 0.3) is 0 Å². The normalized spacial score (nSPS) is 11.9. The molecule has 0 spiro atoms. The molecule has 2 aromatic rings. The molecule has 3 heteroatoms. The standard InChI is InChI=1S/C18H21NO2/c1-3-13(2)12-14-8-10-15(11-9-14)19-18(21)16-6-4-5-7-17(16)20/h4-11,13,20H,3,12H2,1-2H3,(H,19,21). The molecular weight excluding hydrogens is 262 g/mol. The highest BCUT2D eigenvalue weighted by molar-refractivity contribution is 6.06. The summed E-state index contributed by atoms with van der Waals surface area (Å²) in [6.07, 6.45) is 2.20. The number of hydrogen-bond donors (Lipinski definition) is 2. The van der Waals surface area contributed by atoms with Gasteiger partial charge in [0.15, 0.2) is 0 Å². The fourth-order valence-electron chi connectivity index (χ4n) is 2.13. The molecule has 0 saturated carbocycles. The lowest BCUT2D eigenvalue weighted by Crippen LogP contribution is -2.12. The van der Waals surface area contributed by atoms with Crippen molar-refractivity contribution < 1.29 is 9.90 Å². The Balaban J connectivity index is 2.03. The van der Waals surface area contributed by atoms with Gasteiger partial charge < -0.3 is 10.4 Å². The van der Waals surface area contributed by atoms with Gasteiger partial charge in [-0.3, -0.25) is 4.79 Å². The summed E-state index contributed by atoms with van der Waals surface area (Å²) in [5.41, 5.74) is 2.28. The number of hydrogen-bond acceptors (Lipinski definition) is 2. The molecular formula is C18H21NO2. The number of anilines is 1. The highest BCUT2D eigenvalue weighted by Crippen LogP contribution is 2.19. The number of phenols is 1. The van der Waals surface area contributed by atoms with E-state index in [1.54, 1.807) is 18.2 Å². The van der Waals surface area contributed by atoms with E-state index in [0.717, 1.165) is 18.5 Å². The van der Waals surface area contributed by atoms with Gasteiger partial charge in [0.05, 0.1) is 5.56 Å². The second-order valence-corrected chi connectivity index (χ2v) is 5.39. The summed E-state index contributed by atoms with van der Waals surface area (Å²) < 4.78 is 0. The summed E-state index contributed by atoms with van der Waals surface area (Å²) in [6.45, 7) is 4.42. The summed E-state index contributed by atoms with van der Waals surface area (Å²) in [5, 5.41) is 12.5. The van der Waals surface area contributed by atoms with Gasteiger partial charge in [-0.25, -0.2) is 0 Å². The van der Waals surface area contributed by atoms with Gasteiger partial charge in [0, 0.05) is 5.69 Å². The lowest BCUT2D eigenvalue weighted by atomic mass is 9.99. The van der Waals surface area contributed by atoms with E-state index in [4.69, 9.17) is 0 Å². The Labute approximate surface area is 125 Å². The van der Waals surface area contributed by atoms with Crippen molar-refractivity contribution in [1.82, 2.24) is 0 Å². The number of amides is 1. The van der Waals surface area contributed by atoms with Crippen molar-refractivity contribution in [2.75, 3.05) is 5.32 Å². The van der Waals surface area contributed by atoms with E-state index >= 15 is 0 Å². The first kappa shape index (κ1) is 15.1. The first-order valence-electron chi connectivity index (χ1n) is 7.28. The molecule has 0 bridgehead atoms. The van der Waals surface area contributed by atoms with E-state index in [2.05, 4.69) is 19.2 Å². The summed E-state index contributed by atoms with van der Waals surface area (Å²) in [7, 11) is 0. The van der Waals surface area contributed by atoms with Crippen LogP contribution in [0.4, 0.5) is 5.69 Å². The second-order valence-electron chi connectivity index (χ2n) is 5.39. The Kier molecular flexibility index (Phi) is 4.99. The minimum Gasteiger partial charge on any atom is -0.507 e. The second kappa shape index (κ2) is 6.93. The van der Waals surface area contributed by atoms with Gasteiger partial charge in [0.25, 0.3) is 5.91 Å². The molecule has 0 heterocycles. The van der Waals surface area contributed by atoms with Crippen LogP contribution in [0.5, 0.6) is 5.75 Å². The quantitative estimate of drug-likeness (QED) is 0.862. The SMILES string of the molecule is CCC(C)Cc1ccc(NC(=O)c2ccccc2O)cc1. The van der Waals surface area contributed by atoms with Crippen LogP contribution in [-0.4, -0.2) is 11.0 Å². The van der Waals surface area contributed by atoms with Crippen LogP contribution in [-0.2, 0) is 6.42 Å². The third-order valence-corrected chi connectivity index (χ3v) is 3.64. The minimum atomic E-state index is -0.303. The van der Waals surface area contributed by atoms with Crippen molar-refractivity contribution in [2.45, 2.75) is 26.7 Å². The smallest absolute Gasteiger partial charge is 0.259 e. The predicted octanol–water partition coefficient (Wildman–Crippen LogP) is 4.23. The molecule has 2 rings (SSSR count). The van der Waals surface area contributed by atoms with Crippen LogP contribution >= 0.6 is 0 Å². The predicted molar refractivity (Wildman–Crippen MR) is 85.7 cm³/mol. The number of carbonyl (C=O) groups excluding carboxylic acids is 1. The Morgan fingerprint density at radius 3 is 2.43 bits per heavy atom. The van der Waals surface area contributed by atoms with Crippen molar-refractivity contribution in [2.24, 2.45) is 5.92 Å². The van der Waals surface area contributed by atoms with Gasteiger partial charge in [0.1, 0.15) is 5.75 Å². The minimum absolute atomic E-state index is 0.0107. The lowest BCUT2D eigenvalue weighted by Gasteiger charge is -2.10. The molecule has 0 aliphatic rings. The van der Waals surface area contributed by atoms with Crippen LogP contribution in [0.15, 0.2) is 48.5 Å². The fourth-order valence-corrected chi connectivity index (χ4v) is 2.13. The molecule has 0 saturated heterocycles. The van der Waals surface area contributed by atoms with Crippen LogP contribution in [0.3, 0.4) is 0 Å². The maximum absolute atomic E-state index is 12.1. The Morgan fingerprint density at radius 1 is 1.14 bits per heavy atom. The fraction of sp³-hybridized carbons (Fsp3) is 0.278. The first-order valence-corrected chi connectivity index (χ1v) is 7.28. The van der Waals surface area contributed by atoms with E-state index in [0.29, 0.717) is 5.92 Å². The zero-order valence-corrected chi connectivity index (χ0v) is 12.5. The van der Waals surface area contributed by atoms with Crippen molar-refractivity contribution in [3.63, 3.8) is 0 Å². The average Bonchev–Trinajstić information content (AvgIpc) is 2.49. The molecule has 1 amide bonds. The molecule has 3 nitrogen and oxygen atoms in total. The topological polar surface area (TPSA) is 49.3 Å². The molecule has 0 radical (unpaired) electrons. The third kappa shape index (κ3) is 4.09. The number of rotatable bonds is 5. The van der Waals surface area contributed by atoms with Crippen molar-refractivity contribution in [1.29, 1.82) is 0 Å². The van der Waals surface area contributed by atoms with Gasteiger partial charge >= 0.3 is 0 Å². The van der Waals surface area contributed by atoms with Crippen LogP contribution in [0, 0.1) is 5.92 Å². The molecule has 1 unspecified atom stereocenters. The number of carbonyl (C=O) groups is 1. The van der Waals surface area contributed by atoms with E-state index < -0.39 is 0 Å². The Bertz CT molecular complexity index is 605. The van der Waals surface area contributed by atoms with Crippen LogP contribution < -0.4 is 5.32 Å². The summed E-state index contributed by atoms with van der Waals surface area (Å²) >= 11 is 0. The highest BCUT2D eigenvalue weighted by atomic mass is 16.3. The van der Waals surface area contributed by atoms with E-state index in [9.17, 15) is 9.90 Å². The van der Waals surface area contributed by atoms with Gasteiger partial charge in [-0.05, 0) is 42.2 Å². The molecule has 0 aliphatic carbocycles.